The monoisotopic (exact) mass is 570 g/mol. The second kappa shape index (κ2) is 10.5. The normalized spacial score (nSPS) is 16.9. The summed E-state index contributed by atoms with van der Waals surface area (Å²) in [6.45, 7) is 3.15. The van der Waals surface area contributed by atoms with Gasteiger partial charge in [0.1, 0.15) is 23.4 Å². The third kappa shape index (κ3) is 5.78. The first-order valence-corrected chi connectivity index (χ1v) is 14.3. The number of piperazine rings is 1. The van der Waals surface area contributed by atoms with E-state index in [9.17, 15) is 27.3 Å². The van der Waals surface area contributed by atoms with Gasteiger partial charge in [0, 0.05) is 43.3 Å². The molecule has 0 amide bonds. The van der Waals surface area contributed by atoms with Gasteiger partial charge >= 0.3 is 5.56 Å². The molecule has 1 aliphatic carbocycles. The lowest BCUT2D eigenvalue weighted by molar-refractivity contribution is 0.242. The molecule has 2 heterocycles. The van der Waals surface area contributed by atoms with Gasteiger partial charge in [-0.15, -0.1) is 0 Å². The predicted molar refractivity (Wildman–Crippen MR) is 145 cm³/mol. The molecule has 0 atom stereocenters. The zero-order valence-electron chi connectivity index (χ0n) is 21.8. The average molecular weight is 571 g/mol. The first kappa shape index (κ1) is 27.5. The highest BCUT2D eigenvalue weighted by Crippen LogP contribution is 2.45. The summed E-state index contributed by atoms with van der Waals surface area (Å²) in [4.78, 5) is 15.3. The fourth-order valence-electron chi connectivity index (χ4n) is 4.54. The van der Waals surface area contributed by atoms with Crippen LogP contribution in [-0.2, 0) is 15.8 Å². The summed E-state index contributed by atoms with van der Waals surface area (Å²) in [7, 11) is -3.70. The van der Waals surface area contributed by atoms with Crippen molar-refractivity contribution in [3.63, 3.8) is 0 Å². The van der Waals surface area contributed by atoms with Gasteiger partial charge in [0.25, 0.3) is 0 Å². The lowest BCUT2D eigenvalue weighted by Gasteiger charge is -2.35. The molecule has 0 unspecified atom stereocenters. The van der Waals surface area contributed by atoms with Crippen molar-refractivity contribution < 1.29 is 21.9 Å². The Morgan fingerprint density at radius 3 is 2.40 bits per heavy atom. The topological polar surface area (TPSA) is 135 Å². The van der Waals surface area contributed by atoms with Crippen LogP contribution < -0.4 is 20.9 Å². The highest BCUT2D eigenvalue weighted by atomic mass is 32.2. The van der Waals surface area contributed by atoms with Crippen LogP contribution in [0.25, 0.3) is 5.69 Å². The number of nitrogens with two attached hydrogens (primary N) is 1. The van der Waals surface area contributed by atoms with Gasteiger partial charge in [-0.25, -0.2) is 17.2 Å². The molecular formula is C27H28F2N6O4S. The van der Waals surface area contributed by atoms with Crippen molar-refractivity contribution in [2.45, 2.75) is 25.5 Å². The fourth-order valence-corrected chi connectivity index (χ4v) is 6.04. The van der Waals surface area contributed by atoms with Crippen LogP contribution in [-0.4, -0.2) is 55.3 Å². The molecular weight excluding hydrogens is 542 g/mol. The molecule has 2 aromatic carbocycles. The summed E-state index contributed by atoms with van der Waals surface area (Å²) in [5.41, 5.74) is 6.29. The van der Waals surface area contributed by atoms with Crippen LogP contribution >= 0.6 is 0 Å². The van der Waals surface area contributed by atoms with Crippen LogP contribution in [0, 0.1) is 28.4 Å². The standard InChI is InChI=1S/C27H28F2N6O4S/c1-27(4-5-27)17-39-25-24(15-32-35(26(25)36)22-12-20(28)11-21(29)13-22)33-6-8-34(9-7-33)40(37,38)16-18-2-3-23(31)19(10-18)14-30/h2-3,10-13,15H,4-9,16-17,31H2,1H3. The molecule has 0 bridgehead atoms. The van der Waals surface area contributed by atoms with E-state index in [0.29, 0.717) is 17.3 Å². The minimum atomic E-state index is -3.70. The Hall–Kier alpha value is -4.02. The van der Waals surface area contributed by atoms with Crippen molar-refractivity contribution in [1.29, 1.82) is 5.26 Å². The van der Waals surface area contributed by atoms with Crippen LogP contribution in [0.4, 0.5) is 20.2 Å². The van der Waals surface area contributed by atoms with Crippen molar-refractivity contribution >= 4 is 21.4 Å². The number of sulfonamides is 1. The smallest absolute Gasteiger partial charge is 0.316 e. The van der Waals surface area contributed by atoms with Crippen LogP contribution in [0.2, 0.25) is 0 Å². The predicted octanol–water partition coefficient (Wildman–Crippen LogP) is 2.80. The maximum atomic E-state index is 13.9. The molecule has 2 fully saturated rings. The molecule has 1 saturated carbocycles. The highest BCUT2D eigenvalue weighted by molar-refractivity contribution is 7.88. The Labute approximate surface area is 230 Å². The van der Waals surface area contributed by atoms with E-state index in [2.05, 4.69) is 5.10 Å². The number of benzene rings is 2. The number of hydrogen-bond donors (Lipinski definition) is 1. The van der Waals surface area contributed by atoms with Gasteiger partial charge in [-0.1, -0.05) is 13.0 Å². The molecule has 3 aromatic rings. The van der Waals surface area contributed by atoms with Gasteiger partial charge < -0.3 is 15.4 Å². The molecule has 0 spiro atoms. The number of anilines is 2. The van der Waals surface area contributed by atoms with Crippen molar-refractivity contribution in [3.05, 3.63) is 75.7 Å². The number of aromatic nitrogens is 2. The summed E-state index contributed by atoms with van der Waals surface area (Å²) in [6.07, 6.45) is 3.31. The van der Waals surface area contributed by atoms with Crippen LogP contribution in [0.3, 0.4) is 0 Å². The number of rotatable bonds is 8. The summed E-state index contributed by atoms with van der Waals surface area (Å²) in [6, 6.07) is 9.24. The second-order valence-electron chi connectivity index (χ2n) is 10.5. The number of halogens is 2. The minimum absolute atomic E-state index is 0.00462. The molecule has 2 aliphatic rings. The van der Waals surface area contributed by atoms with Crippen molar-refractivity contribution in [1.82, 2.24) is 14.1 Å². The van der Waals surface area contributed by atoms with Gasteiger partial charge in [-0.05, 0) is 42.7 Å². The van der Waals surface area contributed by atoms with Gasteiger partial charge in [-0.3, -0.25) is 4.79 Å². The second-order valence-corrected chi connectivity index (χ2v) is 12.4. The number of nitrogens with zero attached hydrogens (tertiary/aromatic N) is 5. The summed E-state index contributed by atoms with van der Waals surface area (Å²) < 4.78 is 62.2. The van der Waals surface area contributed by atoms with E-state index < -0.39 is 27.2 Å². The van der Waals surface area contributed by atoms with Gasteiger partial charge in [0.15, 0.2) is 0 Å². The Kier molecular flexibility index (Phi) is 7.24. The molecule has 1 saturated heterocycles. The van der Waals surface area contributed by atoms with Crippen molar-refractivity contribution in [3.8, 4) is 17.5 Å². The summed E-state index contributed by atoms with van der Waals surface area (Å²) in [5, 5.41) is 13.3. The van der Waals surface area contributed by atoms with E-state index >= 15 is 0 Å². The number of ether oxygens (including phenoxy) is 1. The Morgan fingerprint density at radius 2 is 1.77 bits per heavy atom. The Bertz CT molecular complexity index is 1640. The lowest BCUT2D eigenvalue weighted by Crippen LogP contribution is -2.49. The molecule has 13 heteroatoms. The van der Waals surface area contributed by atoms with Gasteiger partial charge in [-0.2, -0.15) is 19.3 Å². The largest absolute Gasteiger partial charge is 0.486 e. The van der Waals surface area contributed by atoms with Crippen molar-refractivity contribution in [2.75, 3.05) is 43.4 Å². The Balaban J connectivity index is 1.37. The molecule has 210 valence electrons. The summed E-state index contributed by atoms with van der Waals surface area (Å²) >= 11 is 0. The Morgan fingerprint density at radius 1 is 1.10 bits per heavy atom. The SMILES string of the molecule is CC1(COc2c(N3CCN(S(=O)(=O)Cc4ccc(N)c(C#N)c4)CC3)cnn(-c3cc(F)cc(F)c3)c2=O)CC1. The molecule has 5 rings (SSSR count). The van der Waals surface area contributed by atoms with E-state index in [1.54, 1.807) is 6.07 Å². The van der Waals surface area contributed by atoms with E-state index in [1.165, 1.54) is 22.6 Å². The zero-order valence-corrected chi connectivity index (χ0v) is 22.6. The number of hydrogen-bond acceptors (Lipinski definition) is 8. The van der Waals surface area contributed by atoms with Crippen LogP contribution in [0.15, 0.2) is 47.4 Å². The van der Waals surface area contributed by atoms with E-state index in [0.717, 1.165) is 29.7 Å². The molecule has 10 nitrogen and oxygen atoms in total. The molecule has 40 heavy (non-hydrogen) atoms. The van der Waals surface area contributed by atoms with E-state index in [4.69, 9.17) is 10.5 Å². The quantitative estimate of drug-likeness (QED) is 0.409. The first-order chi connectivity index (χ1) is 19.0. The number of nitrogen functional groups attached to an aromatic ring is 1. The third-order valence-electron chi connectivity index (χ3n) is 7.24. The van der Waals surface area contributed by atoms with Crippen LogP contribution in [0.5, 0.6) is 5.75 Å². The molecule has 2 N–H and O–H groups in total. The summed E-state index contributed by atoms with van der Waals surface area (Å²) in [5.74, 6) is -1.98. The zero-order chi connectivity index (χ0) is 28.7. The fraction of sp³-hybridized carbons (Fsp3) is 0.370. The van der Waals surface area contributed by atoms with Crippen molar-refractivity contribution in [2.24, 2.45) is 5.41 Å². The van der Waals surface area contributed by atoms with E-state index in [-0.39, 0.29) is 66.6 Å². The lowest BCUT2D eigenvalue weighted by atomic mass is 10.1. The maximum absolute atomic E-state index is 13.9. The molecule has 1 aromatic heterocycles. The molecule has 1 aliphatic heterocycles. The maximum Gasteiger partial charge on any atom is 0.316 e. The minimum Gasteiger partial charge on any atom is -0.486 e. The highest BCUT2D eigenvalue weighted by Gasteiger charge is 2.39. The van der Waals surface area contributed by atoms with Gasteiger partial charge in [0.05, 0.1) is 29.8 Å². The van der Waals surface area contributed by atoms with Crippen LogP contribution in [0.1, 0.15) is 30.9 Å². The number of nitriles is 1. The van der Waals surface area contributed by atoms with Gasteiger partial charge in [0.2, 0.25) is 15.8 Å². The average Bonchev–Trinajstić information content (AvgIpc) is 3.65. The first-order valence-electron chi connectivity index (χ1n) is 12.7. The molecule has 0 radical (unpaired) electrons. The van der Waals surface area contributed by atoms with E-state index in [1.807, 2.05) is 17.9 Å². The third-order valence-corrected chi connectivity index (χ3v) is 9.09.